The van der Waals surface area contributed by atoms with Crippen LogP contribution < -0.4 is 4.74 Å². The van der Waals surface area contributed by atoms with Gasteiger partial charge in [0.05, 0.1) is 12.3 Å². The van der Waals surface area contributed by atoms with E-state index in [-0.39, 0.29) is 18.4 Å². The largest absolute Gasteiger partial charge is 0.486 e. The molecule has 2 aromatic rings. The van der Waals surface area contributed by atoms with Gasteiger partial charge in [0.2, 0.25) is 5.91 Å². The molecule has 29 heavy (non-hydrogen) atoms. The van der Waals surface area contributed by atoms with E-state index < -0.39 is 0 Å². The van der Waals surface area contributed by atoms with E-state index in [0.29, 0.717) is 29.8 Å². The first-order valence-electron chi connectivity index (χ1n) is 10.4. The van der Waals surface area contributed by atoms with Crippen molar-refractivity contribution < 1.29 is 14.6 Å². The molecule has 1 amide bonds. The maximum absolute atomic E-state index is 13.1. The molecule has 1 N–H and O–H groups in total. The van der Waals surface area contributed by atoms with Crippen LogP contribution >= 0.6 is 22.9 Å². The standard InChI is InChI=1S/C22H27ClN2O3S/c23-18-7-8-20(28-13-21-24-19(12-26)14-29-21)17(9-18)11-25(10-15-5-6-15)22(27)16-3-1-2-4-16/h7-9,14-16,26H,1-6,10-13H2. The molecule has 2 saturated carbocycles. The van der Waals surface area contributed by atoms with Crippen LogP contribution in [-0.2, 0) is 24.6 Å². The number of thiazole rings is 1. The Morgan fingerprint density at radius 2 is 2.07 bits per heavy atom. The molecule has 0 radical (unpaired) electrons. The number of aliphatic hydroxyl groups excluding tert-OH is 1. The molecule has 2 fully saturated rings. The van der Waals surface area contributed by atoms with E-state index in [2.05, 4.69) is 4.98 Å². The van der Waals surface area contributed by atoms with E-state index in [1.807, 2.05) is 28.5 Å². The SMILES string of the molecule is O=C(C1CCCC1)N(Cc1cc(Cl)ccc1OCc1nc(CO)cs1)CC1CC1. The molecular weight excluding hydrogens is 408 g/mol. The molecule has 0 bridgehead atoms. The van der Waals surface area contributed by atoms with Crippen LogP contribution in [0.5, 0.6) is 5.75 Å². The van der Waals surface area contributed by atoms with Crippen LogP contribution in [0, 0.1) is 11.8 Å². The second-order valence-electron chi connectivity index (χ2n) is 8.07. The Morgan fingerprint density at radius 3 is 2.76 bits per heavy atom. The van der Waals surface area contributed by atoms with Crippen molar-refractivity contribution in [1.82, 2.24) is 9.88 Å². The minimum Gasteiger partial charge on any atom is -0.486 e. The Kier molecular flexibility index (Phi) is 6.73. The molecule has 0 spiro atoms. The summed E-state index contributed by atoms with van der Waals surface area (Å²) in [4.78, 5) is 19.5. The average Bonchev–Trinajstić information content (AvgIpc) is 3.20. The molecule has 2 aliphatic carbocycles. The van der Waals surface area contributed by atoms with Gasteiger partial charge in [-0.2, -0.15) is 0 Å². The van der Waals surface area contributed by atoms with E-state index >= 15 is 0 Å². The first-order chi connectivity index (χ1) is 14.1. The molecule has 0 aliphatic heterocycles. The molecule has 0 unspecified atom stereocenters. The zero-order valence-electron chi connectivity index (χ0n) is 16.5. The van der Waals surface area contributed by atoms with Crippen LogP contribution in [0.3, 0.4) is 0 Å². The fraction of sp³-hybridized carbons (Fsp3) is 0.545. The van der Waals surface area contributed by atoms with Crippen molar-refractivity contribution in [3.63, 3.8) is 0 Å². The summed E-state index contributed by atoms with van der Waals surface area (Å²) in [7, 11) is 0. The van der Waals surface area contributed by atoms with Crippen molar-refractivity contribution in [2.75, 3.05) is 6.54 Å². The van der Waals surface area contributed by atoms with Gasteiger partial charge in [-0.1, -0.05) is 24.4 Å². The van der Waals surface area contributed by atoms with Gasteiger partial charge in [-0.15, -0.1) is 11.3 Å². The molecule has 1 heterocycles. The second-order valence-corrected chi connectivity index (χ2v) is 9.45. The summed E-state index contributed by atoms with van der Waals surface area (Å²) in [5, 5.41) is 12.5. The van der Waals surface area contributed by atoms with Gasteiger partial charge in [-0.05, 0) is 49.8 Å². The van der Waals surface area contributed by atoms with Crippen molar-refractivity contribution in [2.45, 2.75) is 58.3 Å². The Hall–Kier alpha value is -1.63. The molecule has 156 valence electrons. The lowest BCUT2D eigenvalue weighted by Crippen LogP contribution is -2.36. The van der Waals surface area contributed by atoms with Crippen LogP contribution in [0.2, 0.25) is 5.02 Å². The van der Waals surface area contributed by atoms with Crippen molar-refractivity contribution >= 4 is 28.8 Å². The van der Waals surface area contributed by atoms with Crippen LogP contribution in [0.25, 0.3) is 0 Å². The number of aromatic nitrogens is 1. The van der Waals surface area contributed by atoms with Crippen molar-refractivity contribution in [1.29, 1.82) is 0 Å². The van der Waals surface area contributed by atoms with Gasteiger partial charge in [0.25, 0.3) is 0 Å². The van der Waals surface area contributed by atoms with Gasteiger partial charge >= 0.3 is 0 Å². The van der Waals surface area contributed by atoms with E-state index in [1.54, 1.807) is 0 Å². The summed E-state index contributed by atoms with van der Waals surface area (Å²) in [5.41, 5.74) is 1.59. The third-order valence-corrected chi connectivity index (χ3v) is 6.79. The van der Waals surface area contributed by atoms with E-state index in [9.17, 15) is 9.90 Å². The van der Waals surface area contributed by atoms with E-state index in [4.69, 9.17) is 16.3 Å². The monoisotopic (exact) mass is 434 g/mol. The van der Waals surface area contributed by atoms with Crippen LogP contribution in [0.1, 0.15) is 54.8 Å². The second kappa shape index (κ2) is 9.45. The number of aliphatic hydroxyl groups is 1. The highest BCUT2D eigenvalue weighted by molar-refractivity contribution is 7.09. The third kappa shape index (κ3) is 5.50. The number of benzene rings is 1. The van der Waals surface area contributed by atoms with Gasteiger partial charge in [0, 0.05) is 35.0 Å². The number of carbonyl (C=O) groups is 1. The van der Waals surface area contributed by atoms with Gasteiger partial charge < -0.3 is 14.7 Å². The lowest BCUT2D eigenvalue weighted by molar-refractivity contribution is -0.136. The van der Waals surface area contributed by atoms with Gasteiger partial charge in [-0.3, -0.25) is 4.79 Å². The molecule has 5 nitrogen and oxygen atoms in total. The Labute approximate surface area is 180 Å². The zero-order chi connectivity index (χ0) is 20.2. The summed E-state index contributed by atoms with van der Waals surface area (Å²) in [6.45, 7) is 1.62. The lowest BCUT2D eigenvalue weighted by Gasteiger charge is -2.27. The Morgan fingerprint density at radius 1 is 1.28 bits per heavy atom. The highest BCUT2D eigenvalue weighted by Gasteiger charge is 2.32. The Bertz CT molecular complexity index is 846. The molecule has 1 aromatic heterocycles. The molecule has 7 heteroatoms. The number of amides is 1. The highest BCUT2D eigenvalue weighted by Crippen LogP contribution is 2.34. The fourth-order valence-electron chi connectivity index (χ4n) is 3.92. The molecule has 1 aromatic carbocycles. The zero-order valence-corrected chi connectivity index (χ0v) is 18.1. The lowest BCUT2D eigenvalue weighted by atomic mass is 10.1. The minimum absolute atomic E-state index is 0.0674. The molecule has 0 saturated heterocycles. The quantitative estimate of drug-likeness (QED) is 0.615. The number of halogens is 1. The molecular formula is C22H27ClN2O3S. The smallest absolute Gasteiger partial charge is 0.225 e. The normalized spacial score (nSPS) is 16.9. The number of nitrogens with zero attached hydrogens (tertiary/aromatic N) is 2. The van der Waals surface area contributed by atoms with E-state index in [0.717, 1.165) is 48.5 Å². The van der Waals surface area contributed by atoms with Crippen molar-refractivity contribution in [3.8, 4) is 5.75 Å². The molecule has 0 atom stereocenters. The maximum Gasteiger partial charge on any atom is 0.225 e. The maximum atomic E-state index is 13.1. The first kappa shape index (κ1) is 20.6. The molecule has 4 rings (SSSR count). The van der Waals surface area contributed by atoms with Crippen LogP contribution in [0.4, 0.5) is 0 Å². The number of hydrogen-bond donors (Lipinski definition) is 1. The molecule has 2 aliphatic rings. The number of hydrogen-bond acceptors (Lipinski definition) is 5. The highest BCUT2D eigenvalue weighted by atomic mass is 35.5. The number of ether oxygens (including phenoxy) is 1. The average molecular weight is 435 g/mol. The summed E-state index contributed by atoms with van der Waals surface area (Å²) >= 11 is 7.74. The summed E-state index contributed by atoms with van der Waals surface area (Å²) in [5.74, 6) is 1.82. The summed E-state index contributed by atoms with van der Waals surface area (Å²) < 4.78 is 6.03. The summed E-state index contributed by atoms with van der Waals surface area (Å²) in [6, 6.07) is 5.58. The number of rotatable bonds is 9. The number of carbonyl (C=O) groups excluding carboxylic acids is 1. The van der Waals surface area contributed by atoms with E-state index in [1.165, 1.54) is 24.2 Å². The predicted octanol–water partition coefficient (Wildman–Crippen LogP) is 4.80. The predicted molar refractivity (Wildman–Crippen MR) is 114 cm³/mol. The van der Waals surface area contributed by atoms with Gasteiger partial charge in [-0.25, -0.2) is 4.98 Å². The van der Waals surface area contributed by atoms with Gasteiger partial charge in [0.15, 0.2) is 0 Å². The van der Waals surface area contributed by atoms with Crippen molar-refractivity contribution in [2.24, 2.45) is 11.8 Å². The summed E-state index contributed by atoms with van der Waals surface area (Å²) in [6.07, 6.45) is 6.76. The minimum atomic E-state index is -0.0674. The van der Waals surface area contributed by atoms with Crippen LogP contribution in [-0.4, -0.2) is 27.4 Å². The van der Waals surface area contributed by atoms with Gasteiger partial charge in [0.1, 0.15) is 17.4 Å². The first-order valence-corrected chi connectivity index (χ1v) is 11.6. The Balaban J connectivity index is 1.48. The third-order valence-electron chi connectivity index (χ3n) is 5.69. The topological polar surface area (TPSA) is 62.7 Å². The van der Waals surface area contributed by atoms with Crippen LogP contribution in [0.15, 0.2) is 23.6 Å². The fourth-order valence-corrected chi connectivity index (χ4v) is 4.81. The van der Waals surface area contributed by atoms with Crippen molar-refractivity contribution in [3.05, 3.63) is 44.9 Å².